The predicted octanol–water partition coefficient (Wildman–Crippen LogP) is 2.80. The minimum Gasteiger partial charge on any atom is -0.483 e. The van der Waals surface area contributed by atoms with Crippen LogP contribution in [-0.2, 0) is 9.59 Å². The molecule has 2 N–H and O–H groups in total. The van der Waals surface area contributed by atoms with Gasteiger partial charge in [0.25, 0.3) is 5.91 Å². The molecule has 1 fully saturated rings. The molecular formula is C18H26N2O3. The lowest BCUT2D eigenvalue weighted by atomic mass is 9.87. The van der Waals surface area contributed by atoms with Crippen molar-refractivity contribution >= 4 is 11.8 Å². The van der Waals surface area contributed by atoms with Crippen LogP contribution in [0.3, 0.4) is 0 Å². The monoisotopic (exact) mass is 318 g/mol. The van der Waals surface area contributed by atoms with Crippen LogP contribution in [0.5, 0.6) is 5.75 Å². The molecule has 1 aromatic carbocycles. The smallest absolute Gasteiger partial charge is 0.276 e. The summed E-state index contributed by atoms with van der Waals surface area (Å²) in [5.74, 6) is 0.653. The Bertz CT molecular complexity index is 551. The van der Waals surface area contributed by atoms with Crippen LogP contribution in [0.25, 0.3) is 0 Å². The van der Waals surface area contributed by atoms with Crippen molar-refractivity contribution in [2.45, 2.75) is 52.4 Å². The number of amides is 2. The standard InChI is InChI=1S/C18H26N2O3/c1-13-8-9-14(2)16(10-13)23-12-18(22)20-19-17(21)11-15-6-4-3-5-7-15/h8-10,15H,3-7,11-12H2,1-2H3,(H,19,21)(H,20,22). The summed E-state index contributed by atoms with van der Waals surface area (Å²) in [6.45, 7) is 3.78. The van der Waals surface area contributed by atoms with E-state index in [1.165, 1.54) is 19.3 Å². The Morgan fingerprint density at radius 2 is 1.78 bits per heavy atom. The van der Waals surface area contributed by atoms with E-state index in [0.29, 0.717) is 18.1 Å². The van der Waals surface area contributed by atoms with Gasteiger partial charge in [-0.15, -0.1) is 0 Å². The first-order valence-corrected chi connectivity index (χ1v) is 8.32. The van der Waals surface area contributed by atoms with Gasteiger partial charge in [-0.25, -0.2) is 0 Å². The maximum atomic E-state index is 11.8. The van der Waals surface area contributed by atoms with Gasteiger partial charge in [-0.2, -0.15) is 0 Å². The number of carbonyl (C=O) groups is 2. The summed E-state index contributed by atoms with van der Waals surface area (Å²) < 4.78 is 5.50. The average molecular weight is 318 g/mol. The van der Waals surface area contributed by atoms with Crippen molar-refractivity contribution in [3.05, 3.63) is 29.3 Å². The SMILES string of the molecule is Cc1ccc(C)c(OCC(=O)NNC(=O)CC2CCCCC2)c1. The Balaban J connectivity index is 1.68. The molecule has 1 aliphatic rings. The third-order valence-corrected chi connectivity index (χ3v) is 4.24. The Morgan fingerprint density at radius 3 is 2.52 bits per heavy atom. The van der Waals surface area contributed by atoms with Gasteiger partial charge in [0, 0.05) is 6.42 Å². The molecule has 0 radical (unpaired) electrons. The third kappa shape index (κ3) is 5.93. The molecule has 2 rings (SSSR count). The summed E-state index contributed by atoms with van der Waals surface area (Å²) in [5.41, 5.74) is 6.94. The van der Waals surface area contributed by atoms with E-state index in [9.17, 15) is 9.59 Å². The summed E-state index contributed by atoms with van der Waals surface area (Å²) >= 11 is 0. The van der Waals surface area contributed by atoms with Crippen LogP contribution in [-0.4, -0.2) is 18.4 Å². The van der Waals surface area contributed by atoms with Crippen LogP contribution in [0.15, 0.2) is 18.2 Å². The number of hydrogen-bond acceptors (Lipinski definition) is 3. The Morgan fingerprint density at radius 1 is 1.09 bits per heavy atom. The molecule has 0 unspecified atom stereocenters. The van der Waals surface area contributed by atoms with Gasteiger partial charge in [-0.3, -0.25) is 20.4 Å². The van der Waals surface area contributed by atoms with Gasteiger partial charge >= 0.3 is 0 Å². The number of hydrogen-bond donors (Lipinski definition) is 2. The number of aryl methyl sites for hydroxylation is 2. The maximum Gasteiger partial charge on any atom is 0.276 e. The molecule has 5 nitrogen and oxygen atoms in total. The lowest BCUT2D eigenvalue weighted by molar-refractivity contribution is -0.130. The van der Waals surface area contributed by atoms with Crippen LogP contribution in [0.1, 0.15) is 49.7 Å². The highest BCUT2D eigenvalue weighted by atomic mass is 16.5. The normalized spacial score (nSPS) is 15.0. The van der Waals surface area contributed by atoms with Gasteiger partial charge in [0.1, 0.15) is 5.75 Å². The molecule has 0 bridgehead atoms. The van der Waals surface area contributed by atoms with Gasteiger partial charge in [-0.1, -0.05) is 31.4 Å². The zero-order chi connectivity index (χ0) is 16.7. The maximum absolute atomic E-state index is 11.8. The second kappa shape index (κ2) is 8.56. The van der Waals surface area contributed by atoms with Gasteiger partial charge < -0.3 is 4.74 Å². The molecule has 1 saturated carbocycles. The Labute approximate surface area is 137 Å². The first-order valence-electron chi connectivity index (χ1n) is 8.32. The molecule has 0 aromatic heterocycles. The molecule has 5 heteroatoms. The first-order chi connectivity index (χ1) is 11.0. The van der Waals surface area contributed by atoms with E-state index in [1.807, 2.05) is 32.0 Å². The lowest BCUT2D eigenvalue weighted by Crippen LogP contribution is -2.44. The van der Waals surface area contributed by atoms with E-state index in [4.69, 9.17) is 4.74 Å². The molecule has 0 atom stereocenters. The van der Waals surface area contributed by atoms with Crippen LogP contribution < -0.4 is 15.6 Å². The van der Waals surface area contributed by atoms with Crippen molar-refractivity contribution in [3.8, 4) is 5.75 Å². The predicted molar refractivity (Wildman–Crippen MR) is 88.9 cm³/mol. The molecule has 1 aliphatic carbocycles. The summed E-state index contributed by atoms with van der Waals surface area (Å²) in [6.07, 6.45) is 6.37. The van der Waals surface area contributed by atoms with Gasteiger partial charge in [0.15, 0.2) is 6.61 Å². The van der Waals surface area contributed by atoms with Gasteiger partial charge in [0.05, 0.1) is 0 Å². The van der Waals surface area contributed by atoms with Crippen molar-refractivity contribution < 1.29 is 14.3 Å². The first kappa shape index (κ1) is 17.3. The highest BCUT2D eigenvalue weighted by Crippen LogP contribution is 2.25. The molecule has 23 heavy (non-hydrogen) atoms. The second-order valence-corrected chi connectivity index (χ2v) is 6.36. The summed E-state index contributed by atoms with van der Waals surface area (Å²) in [7, 11) is 0. The second-order valence-electron chi connectivity index (χ2n) is 6.36. The number of benzene rings is 1. The van der Waals surface area contributed by atoms with E-state index in [1.54, 1.807) is 0 Å². The van der Waals surface area contributed by atoms with E-state index in [-0.39, 0.29) is 18.4 Å². The van der Waals surface area contributed by atoms with Crippen molar-refractivity contribution in [2.24, 2.45) is 5.92 Å². The lowest BCUT2D eigenvalue weighted by Gasteiger charge is -2.20. The van der Waals surface area contributed by atoms with Gasteiger partial charge in [0.2, 0.25) is 5.91 Å². The molecule has 0 heterocycles. The van der Waals surface area contributed by atoms with E-state index < -0.39 is 0 Å². The number of ether oxygens (including phenoxy) is 1. The minimum atomic E-state index is -0.358. The average Bonchev–Trinajstić information content (AvgIpc) is 2.54. The van der Waals surface area contributed by atoms with Crippen LogP contribution in [0, 0.1) is 19.8 Å². The molecule has 126 valence electrons. The molecule has 2 amide bonds. The quantitative estimate of drug-likeness (QED) is 0.820. The summed E-state index contributed by atoms with van der Waals surface area (Å²) in [5, 5.41) is 0. The van der Waals surface area contributed by atoms with Crippen molar-refractivity contribution in [2.75, 3.05) is 6.61 Å². The van der Waals surface area contributed by atoms with E-state index >= 15 is 0 Å². The topological polar surface area (TPSA) is 67.4 Å². The molecular weight excluding hydrogens is 292 g/mol. The highest BCUT2D eigenvalue weighted by molar-refractivity contribution is 5.82. The zero-order valence-electron chi connectivity index (χ0n) is 14.0. The number of nitrogens with one attached hydrogen (secondary N) is 2. The van der Waals surface area contributed by atoms with Crippen LogP contribution in [0.2, 0.25) is 0 Å². The zero-order valence-corrected chi connectivity index (χ0v) is 14.0. The fraction of sp³-hybridized carbons (Fsp3) is 0.556. The van der Waals surface area contributed by atoms with Gasteiger partial charge in [-0.05, 0) is 49.8 Å². The molecule has 0 spiro atoms. The number of hydrazine groups is 1. The van der Waals surface area contributed by atoms with Crippen molar-refractivity contribution in [3.63, 3.8) is 0 Å². The molecule has 0 aliphatic heterocycles. The Kier molecular flexibility index (Phi) is 6.44. The Hall–Kier alpha value is -2.04. The van der Waals surface area contributed by atoms with E-state index in [2.05, 4.69) is 10.9 Å². The van der Waals surface area contributed by atoms with Crippen molar-refractivity contribution in [1.29, 1.82) is 0 Å². The molecule has 0 saturated heterocycles. The minimum absolute atomic E-state index is 0.117. The van der Waals surface area contributed by atoms with E-state index in [0.717, 1.165) is 24.0 Å². The fourth-order valence-electron chi connectivity index (χ4n) is 2.89. The summed E-state index contributed by atoms with van der Waals surface area (Å²) in [4.78, 5) is 23.6. The van der Waals surface area contributed by atoms with Crippen LogP contribution >= 0.6 is 0 Å². The molecule has 1 aromatic rings. The number of carbonyl (C=O) groups excluding carboxylic acids is 2. The van der Waals surface area contributed by atoms with Crippen LogP contribution in [0.4, 0.5) is 0 Å². The number of rotatable bonds is 5. The summed E-state index contributed by atoms with van der Waals surface area (Å²) in [6, 6.07) is 5.84. The van der Waals surface area contributed by atoms with Crippen molar-refractivity contribution in [1.82, 2.24) is 10.9 Å². The highest BCUT2D eigenvalue weighted by Gasteiger charge is 2.17. The largest absolute Gasteiger partial charge is 0.483 e. The fourth-order valence-corrected chi connectivity index (χ4v) is 2.89. The third-order valence-electron chi connectivity index (χ3n) is 4.24.